The van der Waals surface area contributed by atoms with Gasteiger partial charge in [0.2, 0.25) is 10.0 Å². The smallest absolute Gasteiger partial charge is 0.216 e. The zero-order valence-corrected chi connectivity index (χ0v) is 18.7. The number of hydrogen-bond donors (Lipinski definition) is 3. The first-order valence-electron chi connectivity index (χ1n) is 10.0. The van der Waals surface area contributed by atoms with Gasteiger partial charge in [0.1, 0.15) is 12.4 Å². The molecular weight excluding hydrogens is 404 g/mol. The maximum atomic E-state index is 12.3. The van der Waals surface area contributed by atoms with Crippen molar-refractivity contribution in [1.82, 2.24) is 15.4 Å². The number of aliphatic imine (C=N–C) groups is 1. The van der Waals surface area contributed by atoms with Crippen molar-refractivity contribution in [3.8, 4) is 0 Å². The predicted octanol–water partition coefficient (Wildman–Crippen LogP) is 2.38. The molecule has 0 unspecified atom stereocenters. The van der Waals surface area contributed by atoms with Crippen LogP contribution in [0.5, 0.6) is 0 Å². The van der Waals surface area contributed by atoms with E-state index in [1.165, 1.54) is 0 Å². The number of guanidine groups is 1. The summed E-state index contributed by atoms with van der Waals surface area (Å²) >= 11 is 0. The lowest BCUT2D eigenvalue weighted by Gasteiger charge is -2.15. The summed E-state index contributed by atoms with van der Waals surface area (Å²) in [5, 5.41) is 6.47. The summed E-state index contributed by atoms with van der Waals surface area (Å²) < 4.78 is 37.9. The number of hydrogen-bond acceptors (Lipinski definition) is 5. The molecule has 0 fully saturated rings. The Kier molecular flexibility index (Phi) is 9.85. The van der Waals surface area contributed by atoms with E-state index in [1.54, 1.807) is 13.3 Å². The Morgan fingerprint density at radius 1 is 1.13 bits per heavy atom. The van der Waals surface area contributed by atoms with E-state index in [1.807, 2.05) is 50.2 Å². The lowest BCUT2D eigenvalue weighted by Crippen LogP contribution is -2.38. The van der Waals surface area contributed by atoms with E-state index in [9.17, 15) is 8.42 Å². The lowest BCUT2D eigenvalue weighted by molar-refractivity contribution is 0.105. The number of ether oxygens (including phenoxy) is 1. The van der Waals surface area contributed by atoms with Crippen molar-refractivity contribution in [2.24, 2.45) is 4.99 Å². The van der Waals surface area contributed by atoms with Gasteiger partial charge < -0.3 is 19.8 Å². The van der Waals surface area contributed by atoms with E-state index in [2.05, 4.69) is 20.3 Å². The first-order chi connectivity index (χ1) is 14.4. The molecule has 1 aromatic carbocycles. The fourth-order valence-electron chi connectivity index (χ4n) is 2.82. The second-order valence-electron chi connectivity index (χ2n) is 7.14. The van der Waals surface area contributed by atoms with Crippen LogP contribution in [0.1, 0.15) is 37.2 Å². The Morgan fingerprint density at radius 2 is 1.90 bits per heavy atom. The van der Waals surface area contributed by atoms with E-state index in [-0.39, 0.29) is 11.8 Å². The molecule has 0 aliphatic carbocycles. The molecule has 9 heteroatoms. The molecule has 0 amide bonds. The fourth-order valence-corrected chi connectivity index (χ4v) is 4.32. The van der Waals surface area contributed by atoms with Gasteiger partial charge in [-0.25, -0.2) is 13.1 Å². The molecule has 3 N–H and O–H groups in total. The van der Waals surface area contributed by atoms with Gasteiger partial charge in [-0.3, -0.25) is 4.99 Å². The summed E-state index contributed by atoms with van der Waals surface area (Å²) in [4.78, 5) is 4.21. The molecule has 166 valence electrons. The Morgan fingerprint density at radius 3 is 2.57 bits per heavy atom. The van der Waals surface area contributed by atoms with Crippen molar-refractivity contribution in [3.63, 3.8) is 0 Å². The van der Waals surface area contributed by atoms with Crippen LogP contribution in [0.25, 0.3) is 0 Å². The van der Waals surface area contributed by atoms with Crippen molar-refractivity contribution in [3.05, 3.63) is 59.5 Å². The van der Waals surface area contributed by atoms with Crippen molar-refractivity contribution in [2.75, 3.05) is 20.2 Å². The molecule has 0 aliphatic heterocycles. The van der Waals surface area contributed by atoms with Crippen LogP contribution >= 0.6 is 0 Å². The first-order valence-corrected chi connectivity index (χ1v) is 11.7. The molecule has 2 aromatic rings. The largest absolute Gasteiger partial charge is 0.467 e. The molecule has 1 aromatic heterocycles. The molecule has 2 rings (SSSR count). The maximum absolute atomic E-state index is 12.3. The SMILES string of the molecule is CN=C(NCCCOCc1ccco1)NCc1ccccc1CS(=O)(=O)NC(C)C. The van der Waals surface area contributed by atoms with Crippen LogP contribution in [0, 0.1) is 0 Å². The summed E-state index contributed by atoms with van der Waals surface area (Å²) in [7, 11) is -1.68. The summed E-state index contributed by atoms with van der Waals surface area (Å²) in [6, 6.07) is 11.1. The second kappa shape index (κ2) is 12.4. The molecular formula is C21H32N4O4S. The number of furan rings is 1. The van der Waals surface area contributed by atoms with Gasteiger partial charge in [-0.15, -0.1) is 0 Å². The third-order valence-corrected chi connectivity index (χ3v) is 5.65. The van der Waals surface area contributed by atoms with Crippen LogP contribution in [-0.4, -0.2) is 40.6 Å². The van der Waals surface area contributed by atoms with Gasteiger partial charge >= 0.3 is 0 Å². The van der Waals surface area contributed by atoms with E-state index in [4.69, 9.17) is 9.15 Å². The van der Waals surface area contributed by atoms with E-state index >= 15 is 0 Å². The second-order valence-corrected chi connectivity index (χ2v) is 8.89. The minimum atomic E-state index is -3.38. The average Bonchev–Trinajstić information content (AvgIpc) is 3.20. The average molecular weight is 437 g/mol. The van der Waals surface area contributed by atoms with Crippen LogP contribution in [0.15, 0.2) is 52.1 Å². The molecule has 0 atom stereocenters. The zero-order chi connectivity index (χ0) is 21.8. The minimum absolute atomic E-state index is 0.0535. The van der Waals surface area contributed by atoms with Crippen LogP contribution in [0.3, 0.4) is 0 Å². The summed E-state index contributed by atoms with van der Waals surface area (Å²) in [6.07, 6.45) is 2.45. The molecule has 8 nitrogen and oxygen atoms in total. The molecule has 0 saturated heterocycles. The van der Waals surface area contributed by atoms with Crippen LogP contribution in [0.2, 0.25) is 0 Å². The Labute approximate surface area is 179 Å². The molecule has 0 saturated carbocycles. The number of nitrogens with one attached hydrogen (secondary N) is 3. The van der Waals surface area contributed by atoms with E-state index in [0.717, 1.165) is 23.3 Å². The number of benzene rings is 1. The summed E-state index contributed by atoms with van der Waals surface area (Å²) in [5.41, 5.74) is 1.68. The number of nitrogens with zero attached hydrogens (tertiary/aromatic N) is 1. The van der Waals surface area contributed by atoms with E-state index < -0.39 is 10.0 Å². The molecule has 0 bridgehead atoms. The molecule has 0 aliphatic rings. The highest BCUT2D eigenvalue weighted by atomic mass is 32.2. The summed E-state index contributed by atoms with van der Waals surface area (Å²) in [6.45, 7) is 5.86. The van der Waals surface area contributed by atoms with Gasteiger partial charge in [0.15, 0.2) is 5.96 Å². The van der Waals surface area contributed by atoms with Gasteiger partial charge in [-0.1, -0.05) is 24.3 Å². The van der Waals surface area contributed by atoms with Crippen LogP contribution < -0.4 is 15.4 Å². The standard InChI is InChI=1S/C21H32N4O4S/c1-17(2)25-30(26,27)16-19-9-5-4-8-18(19)14-24-21(22-3)23-11-7-12-28-15-20-10-6-13-29-20/h4-6,8-10,13,17,25H,7,11-12,14-16H2,1-3H3,(H2,22,23,24). The normalized spacial score (nSPS) is 12.3. The topological polar surface area (TPSA) is 105 Å². The van der Waals surface area contributed by atoms with Crippen molar-refractivity contribution in [2.45, 2.75) is 45.2 Å². The zero-order valence-electron chi connectivity index (χ0n) is 17.8. The van der Waals surface area contributed by atoms with Gasteiger partial charge in [0, 0.05) is 32.8 Å². The Hall–Kier alpha value is -2.36. The highest BCUT2D eigenvalue weighted by Crippen LogP contribution is 2.12. The van der Waals surface area contributed by atoms with Crippen molar-refractivity contribution < 1.29 is 17.6 Å². The van der Waals surface area contributed by atoms with Gasteiger partial charge in [-0.2, -0.15) is 0 Å². The molecule has 0 spiro atoms. The fraction of sp³-hybridized carbons (Fsp3) is 0.476. The van der Waals surface area contributed by atoms with Crippen molar-refractivity contribution in [1.29, 1.82) is 0 Å². The minimum Gasteiger partial charge on any atom is -0.467 e. The molecule has 1 heterocycles. The maximum Gasteiger partial charge on any atom is 0.216 e. The highest BCUT2D eigenvalue weighted by molar-refractivity contribution is 7.88. The van der Waals surface area contributed by atoms with Crippen LogP contribution in [0.4, 0.5) is 0 Å². The van der Waals surface area contributed by atoms with E-state index in [0.29, 0.717) is 32.3 Å². The van der Waals surface area contributed by atoms with Crippen LogP contribution in [-0.2, 0) is 33.7 Å². The third kappa shape index (κ3) is 8.98. The molecule has 30 heavy (non-hydrogen) atoms. The first kappa shape index (κ1) is 23.9. The predicted molar refractivity (Wildman–Crippen MR) is 119 cm³/mol. The quantitative estimate of drug-likeness (QED) is 0.268. The number of sulfonamides is 1. The molecule has 0 radical (unpaired) electrons. The lowest BCUT2D eigenvalue weighted by atomic mass is 10.1. The Bertz CT molecular complexity index is 880. The monoisotopic (exact) mass is 436 g/mol. The summed E-state index contributed by atoms with van der Waals surface area (Å²) in [5.74, 6) is 1.41. The Balaban J connectivity index is 1.76. The van der Waals surface area contributed by atoms with Crippen molar-refractivity contribution >= 4 is 16.0 Å². The van der Waals surface area contributed by atoms with Gasteiger partial charge in [0.05, 0.1) is 12.0 Å². The van der Waals surface area contributed by atoms with Gasteiger partial charge in [0.25, 0.3) is 0 Å². The van der Waals surface area contributed by atoms with Gasteiger partial charge in [-0.05, 0) is 43.5 Å². The third-order valence-electron chi connectivity index (χ3n) is 4.13. The number of rotatable bonds is 12. The highest BCUT2D eigenvalue weighted by Gasteiger charge is 2.15.